The molecule has 0 unspecified atom stereocenters. The zero-order chi connectivity index (χ0) is 19.4. The van der Waals surface area contributed by atoms with Gasteiger partial charge in [0.1, 0.15) is 6.54 Å². The Hall–Kier alpha value is -2.06. The second-order valence-corrected chi connectivity index (χ2v) is 7.27. The summed E-state index contributed by atoms with van der Waals surface area (Å²) in [7, 11) is 1.65. The molecule has 0 bridgehead atoms. The zero-order valence-corrected chi connectivity index (χ0v) is 16.5. The predicted molar refractivity (Wildman–Crippen MR) is 99.7 cm³/mol. The van der Waals surface area contributed by atoms with Crippen LogP contribution in [0.5, 0.6) is 0 Å². The summed E-state index contributed by atoms with van der Waals surface area (Å²) in [5.74, 6) is -1.07. The molecule has 2 rings (SSSR count). The van der Waals surface area contributed by atoms with Crippen molar-refractivity contribution in [3.05, 3.63) is 27.9 Å². The molecule has 1 fully saturated rings. The van der Waals surface area contributed by atoms with Gasteiger partial charge >= 0.3 is 5.97 Å². The van der Waals surface area contributed by atoms with E-state index in [1.165, 1.54) is 0 Å². The number of carbonyl (C=O) groups is 3. The van der Waals surface area contributed by atoms with E-state index in [-0.39, 0.29) is 12.6 Å². The van der Waals surface area contributed by atoms with Crippen molar-refractivity contribution in [1.82, 2.24) is 9.47 Å². The smallest absolute Gasteiger partial charge is 0.326 e. The second-order valence-electron chi connectivity index (χ2n) is 6.28. The van der Waals surface area contributed by atoms with Gasteiger partial charge in [-0.2, -0.15) is 0 Å². The lowest BCUT2D eigenvalue weighted by molar-refractivity contribution is -0.149. The van der Waals surface area contributed by atoms with Crippen LogP contribution in [0.25, 0.3) is 6.08 Å². The van der Waals surface area contributed by atoms with E-state index in [1.807, 2.05) is 19.9 Å². The monoisotopic (exact) mass is 380 g/mol. The molecule has 1 aromatic rings. The van der Waals surface area contributed by atoms with Crippen molar-refractivity contribution in [2.75, 3.05) is 20.3 Å². The Morgan fingerprint density at radius 3 is 2.62 bits per heavy atom. The molecule has 2 heterocycles. The molecule has 1 aliphatic rings. The average molecular weight is 380 g/mol. The minimum absolute atomic E-state index is 0.296. The number of aryl methyl sites for hydroxylation is 1. The molecule has 0 atom stereocenters. The second kappa shape index (κ2) is 8.55. The van der Waals surface area contributed by atoms with Crippen LogP contribution in [0.3, 0.4) is 0 Å². The topological polar surface area (TPSA) is 77.8 Å². The van der Waals surface area contributed by atoms with Gasteiger partial charge in [-0.3, -0.25) is 19.3 Å². The number of carbonyl (C=O) groups excluding carboxylic acids is 3. The van der Waals surface area contributed by atoms with Crippen LogP contribution < -0.4 is 0 Å². The summed E-state index contributed by atoms with van der Waals surface area (Å²) < 4.78 is 12.2. The molecular formula is C18H24N2O5S. The number of nitrogens with zero attached hydrogens (tertiary/aromatic N) is 2. The van der Waals surface area contributed by atoms with E-state index in [2.05, 4.69) is 4.57 Å². The van der Waals surface area contributed by atoms with E-state index in [0.29, 0.717) is 18.1 Å². The van der Waals surface area contributed by atoms with Crippen molar-refractivity contribution in [3.63, 3.8) is 0 Å². The number of esters is 1. The number of methoxy groups -OCH3 is 1. The molecule has 0 aromatic carbocycles. The first-order valence-corrected chi connectivity index (χ1v) is 9.16. The van der Waals surface area contributed by atoms with Gasteiger partial charge in [-0.15, -0.1) is 0 Å². The zero-order valence-electron chi connectivity index (χ0n) is 15.7. The fraction of sp³-hybridized carbons (Fsp3) is 0.500. The molecule has 8 heteroatoms. The number of aromatic nitrogens is 1. The number of ether oxygens (including phenoxy) is 2. The van der Waals surface area contributed by atoms with Crippen molar-refractivity contribution in [1.29, 1.82) is 0 Å². The van der Waals surface area contributed by atoms with E-state index in [1.54, 1.807) is 27.0 Å². The number of hydrogen-bond acceptors (Lipinski definition) is 6. The summed E-state index contributed by atoms with van der Waals surface area (Å²) in [5, 5.41) is -0.463. The molecule has 26 heavy (non-hydrogen) atoms. The Morgan fingerprint density at radius 2 is 2.00 bits per heavy atom. The Bertz CT molecular complexity index is 751. The molecule has 0 saturated carbocycles. The summed E-state index contributed by atoms with van der Waals surface area (Å²) in [4.78, 5) is 37.6. The maximum Gasteiger partial charge on any atom is 0.326 e. The molecule has 0 radical (unpaired) electrons. The highest BCUT2D eigenvalue weighted by atomic mass is 32.2. The fourth-order valence-corrected chi connectivity index (χ4v) is 3.54. The highest BCUT2D eigenvalue weighted by molar-refractivity contribution is 8.18. The van der Waals surface area contributed by atoms with Crippen molar-refractivity contribution >= 4 is 35.0 Å². The standard InChI is InChI=1S/C18H24N2O5S/c1-11(2)25-16(21)10-20-17(22)15(26-18(20)23)9-14-8-12(3)19(13(14)4)6-7-24-5/h8-9,11H,6-7,10H2,1-5H3/b15-9-. The van der Waals surface area contributed by atoms with Crippen LogP contribution in [0.4, 0.5) is 4.79 Å². The Labute approximate surface area is 157 Å². The molecule has 0 N–H and O–H groups in total. The van der Waals surface area contributed by atoms with Crippen LogP contribution in [0.15, 0.2) is 11.0 Å². The normalized spacial score (nSPS) is 16.2. The predicted octanol–water partition coefficient (Wildman–Crippen LogP) is 2.74. The lowest BCUT2D eigenvalue weighted by Crippen LogP contribution is -2.35. The number of amides is 2. The molecule has 2 amide bonds. The number of imide groups is 1. The van der Waals surface area contributed by atoms with Crippen LogP contribution in [0.1, 0.15) is 30.8 Å². The van der Waals surface area contributed by atoms with E-state index < -0.39 is 17.1 Å². The maximum absolute atomic E-state index is 12.5. The van der Waals surface area contributed by atoms with E-state index >= 15 is 0 Å². The first-order valence-electron chi connectivity index (χ1n) is 8.35. The van der Waals surface area contributed by atoms with E-state index in [9.17, 15) is 14.4 Å². The van der Waals surface area contributed by atoms with E-state index in [0.717, 1.165) is 33.6 Å². The van der Waals surface area contributed by atoms with Crippen LogP contribution in [-0.4, -0.2) is 52.9 Å². The molecule has 142 valence electrons. The van der Waals surface area contributed by atoms with Gasteiger partial charge in [0.05, 0.1) is 17.6 Å². The third kappa shape index (κ3) is 4.56. The van der Waals surface area contributed by atoms with Gasteiger partial charge < -0.3 is 14.0 Å². The van der Waals surface area contributed by atoms with Gasteiger partial charge in [0.2, 0.25) is 0 Å². The number of rotatable bonds is 7. The van der Waals surface area contributed by atoms with Gasteiger partial charge in [-0.05, 0) is 57.2 Å². The molecular weight excluding hydrogens is 356 g/mol. The molecule has 7 nitrogen and oxygen atoms in total. The Morgan fingerprint density at radius 1 is 1.31 bits per heavy atom. The summed E-state index contributed by atoms with van der Waals surface area (Å²) in [6, 6.07) is 1.96. The first-order chi connectivity index (χ1) is 12.2. The summed E-state index contributed by atoms with van der Waals surface area (Å²) in [6.07, 6.45) is 1.40. The first kappa shape index (κ1) is 20.3. The SMILES string of the molecule is COCCn1c(C)cc(/C=C2\SC(=O)N(CC(=O)OC(C)C)C2=O)c1C. The summed E-state index contributed by atoms with van der Waals surface area (Å²) >= 11 is 0.836. The quantitative estimate of drug-likeness (QED) is 0.535. The molecule has 1 saturated heterocycles. The van der Waals surface area contributed by atoms with Gasteiger partial charge in [0, 0.05) is 25.0 Å². The molecule has 1 aromatic heterocycles. The van der Waals surface area contributed by atoms with Gasteiger partial charge in [0.15, 0.2) is 0 Å². The Kier molecular flexibility index (Phi) is 6.66. The third-order valence-corrected chi connectivity index (χ3v) is 4.85. The molecule has 0 aliphatic carbocycles. The summed E-state index contributed by atoms with van der Waals surface area (Å²) in [6.45, 7) is 8.30. The van der Waals surface area contributed by atoms with Gasteiger partial charge in [-0.1, -0.05) is 0 Å². The molecule has 1 aliphatic heterocycles. The summed E-state index contributed by atoms with van der Waals surface area (Å²) in [5.41, 5.74) is 2.91. The van der Waals surface area contributed by atoms with Gasteiger partial charge in [0.25, 0.3) is 11.1 Å². The lowest BCUT2D eigenvalue weighted by atomic mass is 10.2. The fourth-order valence-electron chi connectivity index (χ4n) is 2.71. The van der Waals surface area contributed by atoms with Crippen LogP contribution in [-0.2, 0) is 25.6 Å². The largest absolute Gasteiger partial charge is 0.462 e. The van der Waals surface area contributed by atoms with Crippen molar-refractivity contribution in [3.8, 4) is 0 Å². The number of hydrogen-bond donors (Lipinski definition) is 0. The minimum atomic E-state index is -0.596. The van der Waals surface area contributed by atoms with E-state index in [4.69, 9.17) is 9.47 Å². The minimum Gasteiger partial charge on any atom is -0.462 e. The number of thioether (sulfide) groups is 1. The Balaban J connectivity index is 2.18. The van der Waals surface area contributed by atoms with Crippen LogP contribution in [0, 0.1) is 13.8 Å². The third-order valence-electron chi connectivity index (χ3n) is 3.95. The lowest BCUT2D eigenvalue weighted by Gasteiger charge is -2.13. The highest BCUT2D eigenvalue weighted by Crippen LogP contribution is 2.33. The average Bonchev–Trinajstić information content (AvgIpc) is 2.96. The molecule has 0 spiro atoms. The van der Waals surface area contributed by atoms with Gasteiger partial charge in [-0.25, -0.2) is 0 Å². The van der Waals surface area contributed by atoms with Crippen molar-refractivity contribution in [2.45, 2.75) is 40.3 Å². The van der Waals surface area contributed by atoms with Crippen molar-refractivity contribution in [2.24, 2.45) is 0 Å². The van der Waals surface area contributed by atoms with Crippen LogP contribution in [0.2, 0.25) is 0 Å². The highest BCUT2D eigenvalue weighted by Gasteiger charge is 2.37. The van der Waals surface area contributed by atoms with Crippen molar-refractivity contribution < 1.29 is 23.9 Å². The maximum atomic E-state index is 12.5. The van der Waals surface area contributed by atoms with Crippen LogP contribution >= 0.6 is 11.8 Å².